The number of aromatic nitrogens is 6. The minimum absolute atomic E-state index is 0. The predicted molar refractivity (Wildman–Crippen MR) is 199 cm³/mol. The van der Waals surface area contributed by atoms with Gasteiger partial charge in [0.2, 0.25) is 0 Å². The molecule has 0 saturated heterocycles. The summed E-state index contributed by atoms with van der Waals surface area (Å²) in [6.45, 7) is 6.44. The summed E-state index contributed by atoms with van der Waals surface area (Å²) in [5, 5.41) is 4.68. The Labute approximate surface area is 307 Å². The van der Waals surface area contributed by atoms with Crippen LogP contribution in [0, 0.1) is 32.9 Å². The minimum atomic E-state index is 0. The van der Waals surface area contributed by atoms with E-state index in [9.17, 15) is 0 Å². The fraction of sp³-hybridized carbons (Fsp3) is 0.0698. The van der Waals surface area contributed by atoms with Gasteiger partial charge in [-0.3, -0.25) is 15.0 Å². The number of nitrogens with zero attached hydrogens (tertiary/aromatic N) is 6. The zero-order valence-corrected chi connectivity index (χ0v) is 30.1. The van der Waals surface area contributed by atoms with Crippen LogP contribution in [0.5, 0.6) is 11.5 Å². The smallest absolute Gasteiger partial charge is 0.497 e. The van der Waals surface area contributed by atoms with Gasteiger partial charge in [0.05, 0.1) is 33.7 Å². The molecule has 7 nitrogen and oxygen atoms in total. The first-order chi connectivity index (χ1) is 24.5. The van der Waals surface area contributed by atoms with Gasteiger partial charge in [-0.25, -0.2) is 4.98 Å². The van der Waals surface area contributed by atoms with Gasteiger partial charge in [0.15, 0.2) is 0 Å². The molecule has 10 aromatic rings. The molecule has 0 fully saturated rings. The molecule has 0 bridgehead atoms. The molecular formula is C43H28N6OPt. The van der Waals surface area contributed by atoms with E-state index in [0.29, 0.717) is 11.5 Å². The Bertz CT molecular complexity index is 2980. The average Bonchev–Trinajstić information content (AvgIpc) is 3.78. The van der Waals surface area contributed by atoms with E-state index in [2.05, 4.69) is 90.4 Å². The average molecular weight is 840 g/mol. The van der Waals surface area contributed by atoms with Crippen LogP contribution in [0.3, 0.4) is 0 Å². The molecule has 0 amide bonds. The second kappa shape index (κ2) is 11.9. The van der Waals surface area contributed by atoms with Crippen molar-refractivity contribution < 1.29 is 25.8 Å². The van der Waals surface area contributed by atoms with Gasteiger partial charge in [0.25, 0.3) is 0 Å². The summed E-state index contributed by atoms with van der Waals surface area (Å²) in [5.74, 6) is 1.12. The van der Waals surface area contributed by atoms with Gasteiger partial charge in [-0.15, -0.1) is 12.1 Å². The van der Waals surface area contributed by atoms with Crippen LogP contribution in [0.2, 0.25) is 0 Å². The molecule has 6 aromatic heterocycles. The molecule has 6 heterocycles. The summed E-state index contributed by atoms with van der Waals surface area (Å²) < 4.78 is 10.8. The van der Waals surface area contributed by atoms with Crippen molar-refractivity contribution in [1.29, 1.82) is 0 Å². The van der Waals surface area contributed by atoms with E-state index >= 15 is 0 Å². The summed E-state index contributed by atoms with van der Waals surface area (Å²) in [6, 6.07) is 37.8. The van der Waals surface area contributed by atoms with Crippen molar-refractivity contribution in [3.63, 3.8) is 0 Å². The van der Waals surface area contributed by atoms with Crippen molar-refractivity contribution in [3.8, 4) is 34.0 Å². The molecule has 51 heavy (non-hydrogen) atoms. The second-order valence-electron chi connectivity index (χ2n) is 12.8. The Morgan fingerprint density at radius 1 is 0.647 bits per heavy atom. The minimum Gasteiger partial charge on any atom is -0.497 e. The Hall–Kier alpha value is -5.91. The molecule has 0 aliphatic carbocycles. The Kier molecular flexibility index (Phi) is 7.23. The maximum atomic E-state index is 6.53. The van der Waals surface area contributed by atoms with Crippen molar-refractivity contribution in [2.75, 3.05) is 0 Å². The Balaban J connectivity index is 0.00000348. The zero-order valence-electron chi connectivity index (χ0n) is 27.9. The van der Waals surface area contributed by atoms with E-state index in [-0.39, 0.29) is 21.1 Å². The maximum Gasteiger partial charge on any atom is 2.00 e. The Morgan fingerprint density at radius 3 is 2.14 bits per heavy atom. The number of hydrogen-bond acceptors (Lipinski definition) is 5. The molecule has 0 aliphatic rings. The largest absolute Gasteiger partial charge is 2.00 e. The summed E-state index contributed by atoms with van der Waals surface area (Å²) >= 11 is 0. The molecule has 4 aromatic carbocycles. The van der Waals surface area contributed by atoms with Crippen LogP contribution in [0.4, 0.5) is 0 Å². The number of ether oxygens (including phenoxy) is 1. The third-order valence-corrected chi connectivity index (χ3v) is 9.57. The van der Waals surface area contributed by atoms with Crippen LogP contribution in [0.1, 0.15) is 16.7 Å². The van der Waals surface area contributed by atoms with Crippen molar-refractivity contribution >= 4 is 54.9 Å². The molecule has 0 aliphatic heterocycles. The van der Waals surface area contributed by atoms with Gasteiger partial charge in [0.1, 0.15) is 5.65 Å². The first kappa shape index (κ1) is 31.1. The topological polar surface area (TPSA) is 69.6 Å². The fourth-order valence-electron chi connectivity index (χ4n) is 7.54. The Morgan fingerprint density at radius 2 is 1.35 bits per heavy atom. The van der Waals surface area contributed by atoms with E-state index in [0.717, 1.165) is 77.4 Å². The molecule has 246 valence electrons. The number of hydrogen-bond donors (Lipinski definition) is 0. The van der Waals surface area contributed by atoms with Crippen molar-refractivity contribution in [3.05, 3.63) is 145 Å². The predicted octanol–water partition coefficient (Wildman–Crippen LogP) is 10.0. The number of fused-ring (bicyclic) bond motifs is 12. The standard InChI is InChI=1S/C43H28N6O.Pt/c1-25-19-26(2)39(27(3)20-25)38-23-46-42-34-21-29(13-15-31(34)33-11-7-18-45-41(33)49(38)42)50-30-14-16-32-35(22-30)43-47-36(28-9-5-4-6-10-28)24-48(43)37-12-8-17-44-40(32)37;/h4-20,23-24H,1-3H3;/q-2;+2. The monoisotopic (exact) mass is 839 g/mol. The van der Waals surface area contributed by atoms with E-state index in [1.165, 1.54) is 16.7 Å². The first-order valence-electron chi connectivity index (χ1n) is 16.6. The summed E-state index contributed by atoms with van der Waals surface area (Å²) in [6.07, 6.45) is 7.67. The molecular weight excluding hydrogens is 812 g/mol. The SMILES string of the molecule is Cc1cc(C)c(-c2cnc3c4[c-]c(Oc5[c-]c6c(cc5)c5ncccc5n5cc(-c7ccccc7)nc65)ccc4c4cccnc4n23)c(C)c1.[Pt+2]. The van der Waals surface area contributed by atoms with E-state index in [1.54, 1.807) is 0 Å². The van der Waals surface area contributed by atoms with E-state index in [1.807, 2.05) is 67.1 Å². The van der Waals surface area contributed by atoms with Gasteiger partial charge in [0, 0.05) is 47.4 Å². The van der Waals surface area contributed by atoms with Crippen LogP contribution in [0.25, 0.3) is 77.4 Å². The molecule has 10 rings (SSSR count). The molecule has 0 unspecified atom stereocenters. The quantitative estimate of drug-likeness (QED) is 0.130. The van der Waals surface area contributed by atoms with E-state index in [4.69, 9.17) is 24.7 Å². The number of imidazole rings is 2. The van der Waals surface area contributed by atoms with Crippen LogP contribution < -0.4 is 4.74 Å². The van der Waals surface area contributed by atoms with Gasteiger partial charge in [-0.2, -0.15) is 0 Å². The van der Waals surface area contributed by atoms with E-state index < -0.39 is 0 Å². The number of pyridine rings is 4. The molecule has 8 heteroatoms. The zero-order chi connectivity index (χ0) is 33.5. The van der Waals surface area contributed by atoms with Crippen molar-refractivity contribution in [1.82, 2.24) is 28.7 Å². The van der Waals surface area contributed by atoms with Gasteiger partial charge in [-0.05, 0) is 55.5 Å². The van der Waals surface area contributed by atoms with Crippen LogP contribution >= 0.6 is 0 Å². The summed E-state index contributed by atoms with van der Waals surface area (Å²) in [4.78, 5) is 19.6. The molecule has 0 spiro atoms. The second-order valence-corrected chi connectivity index (χ2v) is 12.8. The van der Waals surface area contributed by atoms with Crippen LogP contribution in [0.15, 0.2) is 116 Å². The van der Waals surface area contributed by atoms with Crippen molar-refractivity contribution in [2.24, 2.45) is 0 Å². The van der Waals surface area contributed by atoms with Crippen LogP contribution in [-0.4, -0.2) is 28.7 Å². The normalized spacial score (nSPS) is 11.7. The number of rotatable bonds is 4. The molecule has 0 saturated carbocycles. The van der Waals surface area contributed by atoms with Gasteiger partial charge in [-0.1, -0.05) is 99.9 Å². The molecule has 0 N–H and O–H groups in total. The van der Waals surface area contributed by atoms with Gasteiger partial charge < -0.3 is 13.5 Å². The molecule has 0 atom stereocenters. The van der Waals surface area contributed by atoms with Gasteiger partial charge >= 0.3 is 21.1 Å². The third kappa shape index (κ3) is 4.84. The third-order valence-electron chi connectivity index (χ3n) is 9.57. The summed E-state index contributed by atoms with van der Waals surface area (Å²) in [7, 11) is 0. The maximum absolute atomic E-state index is 6.53. The first-order valence-corrected chi connectivity index (χ1v) is 16.6. The van der Waals surface area contributed by atoms with Crippen molar-refractivity contribution in [2.45, 2.75) is 20.8 Å². The summed E-state index contributed by atoms with van der Waals surface area (Å²) in [5.41, 5.74) is 12.0. The number of benzene rings is 4. The fourth-order valence-corrected chi connectivity index (χ4v) is 7.54. The van der Waals surface area contributed by atoms with Crippen LogP contribution in [-0.2, 0) is 21.1 Å². The number of aryl methyl sites for hydroxylation is 3. The molecule has 0 radical (unpaired) electrons.